The van der Waals surface area contributed by atoms with Gasteiger partial charge in [0.2, 0.25) is 11.8 Å². The first-order valence-electron chi connectivity index (χ1n) is 21.6. The Morgan fingerprint density at radius 1 is 1.13 bits per heavy atom. The number of amides is 3. The highest BCUT2D eigenvalue weighted by Crippen LogP contribution is 2.41. The Labute approximate surface area is 359 Å². The van der Waals surface area contributed by atoms with E-state index in [2.05, 4.69) is 53.2 Å². The third-order valence-corrected chi connectivity index (χ3v) is 11.9. The van der Waals surface area contributed by atoms with Crippen molar-refractivity contribution in [1.82, 2.24) is 30.2 Å². The van der Waals surface area contributed by atoms with Gasteiger partial charge in [-0.05, 0) is 110 Å². The van der Waals surface area contributed by atoms with E-state index in [0.717, 1.165) is 44.4 Å². The van der Waals surface area contributed by atoms with E-state index in [9.17, 15) is 24.3 Å². The van der Waals surface area contributed by atoms with Crippen molar-refractivity contribution < 1.29 is 33.8 Å². The number of hydrazine groups is 1. The first-order valence-corrected chi connectivity index (χ1v) is 21.6. The number of carbonyl (C=O) groups excluding carboxylic acids is 4. The summed E-state index contributed by atoms with van der Waals surface area (Å²) in [5.41, 5.74) is 15.5. The van der Waals surface area contributed by atoms with Gasteiger partial charge in [-0.3, -0.25) is 29.2 Å². The van der Waals surface area contributed by atoms with Crippen LogP contribution in [0, 0.1) is 11.3 Å². The van der Waals surface area contributed by atoms with E-state index in [0.29, 0.717) is 63.9 Å². The molecule has 6 rings (SSSR count). The number of likely N-dealkylation sites (N-methyl/N-ethyl adjacent to an activating group) is 1. The van der Waals surface area contributed by atoms with Crippen LogP contribution in [0.2, 0.25) is 0 Å². The fourth-order valence-corrected chi connectivity index (χ4v) is 8.87. The van der Waals surface area contributed by atoms with Crippen LogP contribution >= 0.6 is 0 Å². The smallest absolute Gasteiger partial charge is 0.324 e. The molecule has 328 valence electrons. The average molecular weight is 838 g/mol. The Hall–Kier alpha value is -5.31. The van der Waals surface area contributed by atoms with E-state index in [4.69, 9.17) is 15.2 Å². The van der Waals surface area contributed by atoms with Crippen LogP contribution in [0.25, 0.3) is 33.3 Å². The Morgan fingerprint density at radius 3 is 2.64 bits per heavy atom. The number of esters is 1. The number of phenolic OH excluding ortho intramolecular Hbond substituents is 1. The van der Waals surface area contributed by atoms with Crippen LogP contribution in [-0.2, 0) is 54.6 Å². The zero-order valence-electron chi connectivity index (χ0n) is 36.8. The van der Waals surface area contributed by atoms with Crippen molar-refractivity contribution in [2.45, 2.75) is 111 Å². The summed E-state index contributed by atoms with van der Waals surface area (Å²) < 4.78 is 14.0. The standard InChI is InChI=1S/C47H63N7O7/c1-8-53-40-15-14-31-24-35(40)36(43(53)37-26-49-18-16-32(37)27-60-7)25-47(4,5)28-61-46(59)38-12-11-19-54(51-38)45(58)39(22-30-20-33(31)23-34(55)21-30)50-44(57)42(29(2)3)52(6)41(56)13-9-10-17-48/h14-16,18,20-21,23-24,26,29,38-39,42,51,55H,8-13,17,19,22,25,27-28,48H2,1-7H3,(H,50,57)/t38-,39-,42?/m0/s1. The number of methoxy groups -OCH3 is 1. The lowest BCUT2D eigenvalue weighted by Gasteiger charge is -2.36. The molecule has 6 bridgehead atoms. The molecule has 2 aliphatic heterocycles. The first-order chi connectivity index (χ1) is 29.2. The Balaban J connectivity index is 1.47. The minimum Gasteiger partial charge on any atom is -0.508 e. The predicted molar refractivity (Wildman–Crippen MR) is 235 cm³/mol. The highest BCUT2D eigenvalue weighted by Gasteiger charge is 2.37. The maximum absolute atomic E-state index is 14.6. The number of aryl methyl sites for hydroxylation is 1. The summed E-state index contributed by atoms with van der Waals surface area (Å²) in [5, 5.41) is 16.6. The van der Waals surface area contributed by atoms with Crippen LogP contribution in [0.1, 0.15) is 83.4 Å². The number of phenols is 1. The van der Waals surface area contributed by atoms with Crippen LogP contribution in [0.15, 0.2) is 54.9 Å². The van der Waals surface area contributed by atoms with Gasteiger partial charge >= 0.3 is 5.97 Å². The number of hydrogen-bond donors (Lipinski definition) is 4. The summed E-state index contributed by atoms with van der Waals surface area (Å²) in [6.45, 7) is 12.0. The van der Waals surface area contributed by atoms with E-state index in [1.807, 2.05) is 38.2 Å². The third kappa shape index (κ3) is 10.3. The summed E-state index contributed by atoms with van der Waals surface area (Å²) in [6.07, 6.45) is 6.78. The molecule has 4 aromatic rings. The molecule has 61 heavy (non-hydrogen) atoms. The van der Waals surface area contributed by atoms with Gasteiger partial charge in [0.05, 0.1) is 18.9 Å². The van der Waals surface area contributed by atoms with Gasteiger partial charge in [0.1, 0.15) is 23.9 Å². The van der Waals surface area contributed by atoms with Gasteiger partial charge in [-0.2, -0.15) is 0 Å². The largest absolute Gasteiger partial charge is 0.508 e. The van der Waals surface area contributed by atoms with E-state index in [1.165, 1.54) is 9.91 Å². The summed E-state index contributed by atoms with van der Waals surface area (Å²) in [7, 11) is 3.29. The van der Waals surface area contributed by atoms with Crippen molar-refractivity contribution in [1.29, 1.82) is 0 Å². The molecule has 14 nitrogen and oxygen atoms in total. The normalized spacial score (nSPS) is 18.7. The fraction of sp³-hybridized carbons (Fsp3) is 0.511. The molecule has 3 amide bonds. The lowest BCUT2D eigenvalue weighted by molar-refractivity contribution is -0.155. The van der Waals surface area contributed by atoms with E-state index < -0.39 is 41.3 Å². The molecule has 1 fully saturated rings. The van der Waals surface area contributed by atoms with E-state index in [1.54, 1.807) is 32.5 Å². The van der Waals surface area contributed by atoms with Gasteiger partial charge in [0, 0.05) is 74.4 Å². The second-order valence-corrected chi connectivity index (χ2v) is 17.6. The number of benzene rings is 2. The number of nitrogens with zero attached hydrogens (tertiary/aromatic N) is 4. The lowest BCUT2D eigenvalue weighted by Crippen LogP contribution is -2.62. The molecule has 1 saturated heterocycles. The van der Waals surface area contributed by atoms with Crippen LogP contribution in [0.5, 0.6) is 5.75 Å². The van der Waals surface area contributed by atoms with Crippen molar-refractivity contribution in [3.8, 4) is 28.1 Å². The molecule has 2 aromatic carbocycles. The number of carbonyl (C=O) groups is 4. The minimum atomic E-state index is -1.11. The summed E-state index contributed by atoms with van der Waals surface area (Å²) in [5.74, 6) is -1.83. The number of unbranched alkanes of at least 4 members (excludes halogenated alkanes) is 1. The number of hydrogen-bond acceptors (Lipinski definition) is 10. The number of pyridine rings is 1. The Bertz CT molecular complexity index is 2230. The fourth-order valence-electron chi connectivity index (χ4n) is 8.87. The molecule has 0 spiro atoms. The Morgan fingerprint density at radius 2 is 1.92 bits per heavy atom. The van der Waals surface area contributed by atoms with Crippen LogP contribution < -0.4 is 16.5 Å². The quantitative estimate of drug-likeness (QED) is 0.105. The van der Waals surface area contributed by atoms with Gasteiger partial charge in [0.25, 0.3) is 5.91 Å². The van der Waals surface area contributed by atoms with Crippen molar-refractivity contribution >= 4 is 34.6 Å². The summed E-state index contributed by atoms with van der Waals surface area (Å²) in [6, 6.07) is 10.7. The number of aromatic hydroxyl groups is 1. The first kappa shape index (κ1) is 45.2. The second-order valence-electron chi connectivity index (χ2n) is 17.6. The third-order valence-electron chi connectivity index (χ3n) is 11.9. The van der Waals surface area contributed by atoms with Gasteiger partial charge < -0.3 is 35.1 Å². The number of rotatable bonds is 12. The molecule has 1 unspecified atom stereocenters. The molecule has 2 aliphatic rings. The predicted octanol–water partition coefficient (Wildman–Crippen LogP) is 5.50. The van der Waals surface area contributed by atoms with Gasteiger partial charge in [-0.1, -0.05) is 39.8 Å². The molecule has 2 aromatic heterocycles. The molecular weight excluding hydrogens is 775 g/mol. The summed E-state index contributed by atoms with van der Waals surface area (Å²) >= 11 is 0. The zero-order valence-corrected chi connectivity index (χ0v) is 36.8. The van der Waals surface area contributed by atoms with Gasteiger partial charge in [0.15, 0.2) is 0 Å². The number of nitrogens with two attached hydrogens (primary N) is 1. The zero-order chi connectivity index (χ0) is 44.0. The molecule has 5 N–H and O–H groups in total. The molecule has 4 heterocycles. The van der Waals surface area contributed by atoms with Crippen molar-refractivity contribution in [2.24, 2.45) is 17.1 Å². The van der Waals surface area contributed by atoms with Crippen LogP contribution in [0.3, 0.4) is 0 Å². The number of fused-ring (bicyclic) bond motifs is 6. The monoisotopic (exact) mass is 837 g/mol. The summed E-state index contributed by atoms with van der Waals surface area (Å²) in [4.78, 5) is 61.8. The number of nitrogens with one attached hydrogen (secondary N) is 2. The molecule has 3 atom stereocenters. The van der Waals surface area contributed by atoms with E-state index >= 15 is 0 Å². The van der Waals surface area contributed by atoms with Gasteiger partial charge in [-0.15, -0.1) is 0 Å². The van der Waals surface area contributed by atoms with Crippen LogP contribution in [0.4, 0.5) is 0 Å². The minimum absolute atomic E-state index is 0.00837. The van der Waals surface area contributed by atoms with Crippen molar-refractivity contribution in [2.75, 3.05) is 33.9 Å². The van der Waals surface area contributed by atoms with Gasteiger partial charge in [-0.25, -0.2) is 5.43 Å². The number of ether oxygens (including phenoxy) is 2. The maximum atomic E-state index is 14.6. The van der Waals surface area contributed by atoms with Crippen molar-refractivity contribution in [3.05, 3.63) is 71.5 Å². The topological polar surface area (TPSA) is 181 Å². The maximum Gasteiger partial charge on any atom is 0.324 e. The Kier molecular flexibility index (Phi) is 14.5. The molecule has 0 radical (unpaired) electrons. The average Bonchev–Trinajstić information content (AvgIpc) is 3.53. The molecule has 0 saturated carbocycles. The molecule has 14 heteroatoms. The van der Waals surface area contributed by atoms with Crippen molar-refractivity contribution in [3.63, 3.8) is 0 Å². The molecular formula is C47H63N7O7. The van der Waals surface area contributed by atoms with Crippen LogP contribution in [-0.4, -0.2) is 100 Å². The second kappa shape index (κ2) is 19.6. The highest BCUT2D eigenvalue weighted by atomic mass is 16.5. The SMILES string of the molecule is CCn1c(-c2cnccc2COC)c2c3cc(ccc31)-c1cc(O)cc(c1)C[C@H](NC(=O)C(C(C)C)N(C)C(=O)CCCCN)C(=O)N1CCC[C@H](N1)C(=O)OCC(C)(C)C2. The lowest BCUT2D eigenvalue weighted by atomic mass is 9.84. The van der Waals surface area contributed by atoms with E-state index in [-0.39, 0.29) is 37.0 Å². The number of aromatic nitrogens is 2. The molecule has 0 aliphatic carbocycles. The highest BCUT2D eigenvalue weighted by molar-refractivity contribution is 5.96. The number of cyclic esters (lactones) is 1.